The first-order chi connectivity index (χ1) is 12.3. The minimum absolute atomic E-state index is 0.157. The number of likely N-dealkylation sites (N-methyl/N-ethyl adjacent to an activating group) is 1. The minimum Gasteiger partial charge on any atom is -0.481 e. The first-order valence-corrected chi connectivity index (χ1v) is 8.35. The molecule has 0 bridgehead atoms. The average Bonchev–Trinajstić information content (AvgIpc) is 2.99. The summed E-state index contributed by atoms with van der Waals surface area (Å²) < 4.78 is 16.5. The summed E-state index contributed by atoms with van der Waals surface area (Å²) in [7, 11) is 1.71. The molecule has 0 aliphatic carbocycles. The molecule has 0 aliphatic heterocycles. The van der Waals surface area contributed by atoms with Crippen LogP contribution in [0.15, 0.2) is 50.0 Å². The maximum atomic E-state index is 12.5. The van der Waals surface area contributed by atoms with E-state index in [0.717, 1.165) is 22.5 Å². The molecule has 1 atom stereocenters. The summed E-state index contributed by atoms with van der Waals surface area (Å²) in [4.78, 5) is 25.5. The van der Waals surface area contributed by atoms with E-state index in [9.17, 15) is 9.59 Å². The monoisotopic (exact) mass is 355 g/mol. The number of fused-ring (bicyclic) bond motifs is 1. The summed E-state index contributed by atoms with van der Waals surface area (Å²) in [6.45, 7) is 5.77. The Kier molecular flexibility index (Phi) is 4.84. The Morgan fingerprint density at radius 2 is 1.92 bits per heavy atom. The molecule has 6 heteroatoms. The second kappa shape index (κ2) is 7.07. The molecular weight excluding hydrogens is 334 g/mol. The van der Waals surface area contributed by atoms with Crippen molar-refractivity contribution >= 4 is 16.9 Å². The molecule has 26 heavy (non-hydrogen) atoms. The third kappa shape index (κ3) is 3.79. The summed E-state index contributed by atoms with van der Waals surface area (Å²) in [5.41, 5.74) is 0.902. The van der Waals surface area contributed by atoms with Crippen molar-refractivity contribution in [1.82, 2.24) is 4.90 Å². The fourth-order valence-corrected chi connectivity index (χ4v) is 2.82. The van der Waals surface area contributed by atoms with E-state index in [4.69, 9.17) is 13.6 Å². The highest BCUT2D eigenvalue weighted by Crippen LogP contribution is 2.23. The number of hydrogen-bond acceptors (Lipinski definition) is 5. The van der Waals surface area contributed by atoms with Gasteiger partial charge >= 0.3 is 5.63 Å². The van der Waals surface area contributed by atoms with Gasteiger partial charge in [-0.15, -0.1) is 0 Å². The van der Waals surface area contributed by atoms with Gasteiger partial charge in [0.05, 0.1) is 6.54 Å². The number of aryl methyl sites for hydroxylation is 2. The Hall–Kier alpha value is -3.02. The Bertz CT molecular complexity index is 1000. The zero-order valence-corrected chi connectivity index (χ0v) is 15.2. The number of furan rings is 1. The fourth-order valence-electron chi connectivity index (χ4n) is 2.82. The average molecular weight is 355 g/mol. The van der Waals surface area contributed by atoms with Crippen molar-refractivity contribution in [2.75, 3.05) is 7.05 Å². The summed E-state index contributed by atoms with van der Waals surface area (Å²) in [6, 6.07) is 10.3. The van der Waals surface area contributed by atoms with Crippen LogP contribution in [0.1, 0.15) is 24.0 Å². The first kappa shape index (κ1) is 17.8. The topological polar surface area (TPSA) is 72.9 Å². The fraction of sp³-hybridized carbons (Fsp3) is 0.300. The predicted octanol–water partition coefficient (Wildman–Crippen LogP) is 3.43. The van der Waals surface area contributed by atoms with Crippen LogP contribution in [-0.4, -0.2) is 24.0 Å². The van der Waals surface area contributed by atoms with E-state index < -0.39 is 6.10 Å². The van der Waals surface area contributed by atoms with Gasteiger partial charge in [0, 0.05) is 18.5 Å². The molecule has 0 fully saturated rings. The standard InChI is InChI=1S/C20H21NO5/c1-12-9-19(22)26-18-8-7-15(10-17(12)18)25-14(3)20(23)21(4)11-16-6-5-13(2)24-16/h5-10,14H,11H2,1-4H3. The maximum absolute atomic E-state index is 12.5. The molecule has 2 aromatic heterocycles. The van der Waals surface area contributed by atoms with Gasteiger partial charge in [-0.05, 0) is 56.7 Å². The van der Waals surface area contributed by atoms with Crippen molar-refractivity contribution in [1.29, 1.82) is 0 Å². The lowest BCUT2D eigenvalue weighted by Gasteiger charge is -2.21. The summed E-state index contributed by atoms with van der Waals surface area (Å²) >= 11 is 0. The Morgan fingerprint density at radius 1 is 1.15 bits per heavy atom. The van der Waals surface area contributed by atoms with Gasteiger partial charge in [-0.25, -0.2) is 4.79 Å². The maximum Gasteiger partial charge on any atom is 0.336 e. The highest BCUT2D eigenvalue weighted by molar-refractivity contribution is 5.82. The highest BCUT2D eigenvalue weighted by atomic mass is 16.5. The van der Waals surface area contributed by atoms with Crippen LogP contribution in [0.4, 0.5) is 0 Å². The molecule has 3 rings (SSSR count). The number of amides is 1. The van der Waals surface area contributed by atoms with Gasteiger partial charge in [0.15, 0.2) is 6.10 Å². The molecule has 0 saturated heterocycles. The zero-order chi connectivity index (χ0) is 18.8. The number of rotatable bonds is 5. The van der Waals surface area contributed by atoms with Crippen LogP contribution >= 0.6 is 0 Å². The molecule has 2 heterocycles. The molecular formula is C20H21NO5. The summed E-state index contributed by atoms with van der Waals surface area (Å²) in [5.74, 6) is 1.92. The van der Waals surface area contributed by atoms with E-state index >= 15 is 0 Å². The van der Waals surface area contributed by atoms with Crippen LogP contribution in [-0.2, 0) is 11.3 Å². The lowest BCUT2D eigenvalue weighted by atomic mass is 10.1. The van der Waals surface area contributed by atoms with Crippen LogP contribution in [0.3, 0.4) is 0 Å². The van der Waals surface area contributed by atoms with Crippen molar-refractivity contribution in [3.05, 3.63) is 63.9 Å². The molecule has 1 unspecified atom stereocenters. The molecule has 1 amide bonds. The number of carbonyl (C=O) groups excluding carboxylic acids is 1. The number of nitrogens with zero attached hydrogens (tertiary/aromatic N) is 1. The lowest BCUT2D eigenvalue weighted by molar-refractivity contribution is -0.137. The van der Waals surface area contributed by atoms with Gasteiger partial charge in [0.1, 0.15) is 22.9 Å². The Labute approximate surface area is 151 Å². The molecule has 0 aliphatic rings. The summed E-state index contributed by atoms with van der Waals surface area (Å²) in [6.07, 6.45) is -0.662. The molecule has 6 nitrogen and oxygen atoms in total. The van der Waals surface area contributed by atoms with E-state index in [1.54, 1.807) is 37.1 Å². The van der Waals surface area contributed by atoms with Crippen molar-refractivity contribution in [3.8, 4) is 5.75 Å². The lowest BCUT2D eigenvalue weighted by Crippen LogP contribution is -2.37. The quantitative estimate of drug-likeness (QED) is 0.656. The van der Waals surface area contributed by atoms with E-state index in [1.165, 1.54) is 6.07 Å². The smallest absolute Gasteiger partial charge is 0.336 e. The van der Waals surface area contributed by atoms with E-state index in [-0.39, 0.29) is 11.5 Å². The predicted molar refractivity (Wildman–Crippen MR) is 97.2 cm³/mol. The first-order valence-electron chi connectivity index (χ1n) is 8.35. The number of benzene rings is 1. The highest BCUT2D eigenvalue weighted by Gasteiger charge is 2.20. The minimum atomic E-state index is -0.662. The van der Waals surface area contributed by atoms with Gasteiger partial charge in [-0.3, -0.25) is 4.79 Å². The van der Waals surface area contributed by atoms with Crippen molar-refractivity contribution in [2.45, 2.75) is 33.4 Å². The summed E-state index contributed by atoms with van der Waals surface area (Å²) in [5, 5.41) is 0.779. The SMILES string of the molecule is Cc1ccc(CN(C)C(=O)C(C)Oc2ccc3oc(=O)cc(C)c3c2)o1. The van der Waals surface area contributed by atoms with E-state index in [0.29, 0.717) is 17.9 Å². The molecule has 1 aromatic carbocycles. The van der Waals surface area contributed by atoms with E-state index in [2.05, 4.69) is 0 Å². The Balaban J connectivity index is 1.72. The zero-order valence-electron chi connectivity index (χ0n) is 15.2. The molecule has 0 radical (unpaired) electrons. The van der Waals surface area contributed by atoms with Crippen molar-refractivity contribution in [3.63, 3.8) is 0 Å². The Morgan fingerprint density at radius 3 is 2.62 bits per heavy atom. The second-order valence-electron chi connectivity index (χ2n) is 6.37. The molecule has 0 spiro atoms. The van der Waals surface area contributed by atoms with Crippen LogP contribution in [0.2, 0.25) is 0 Å². The third-order valence-corrected chi connectivity index (χ3v) is 4.15. The van der Waals surface area contributed by atoms with Crippen molar-refractivity contribution in [2.24, 2.45) is 0 Å². The van der Waals surface area contributed by atoms with Gasteiger partial charge in [0.25, 0.3) is 5.91 Å². The number of hydrogen-bond donors (Lipinski definition) is 0. The van der Waals surface area contributed by atoms with Gasteiger partial charge < -0.3 is 18.5 Å². The van der Waals surface area contributed by atoms with E-state index in [1.807, 2.05) is 26.0 Å². The van der Waals surface area contributed by atoms with Crippen LogP contribution in [0, 0.1) is 13.8 Å². The van der Waals surface area contributed by atoms with Gasteiger partial charge in [0.2, 0.25) is 0 Å². The second-order valence-corrected chi connectivity index (χ2v) is 6.37. The molecule has 0 N–H and O–H groups in total. The van der Waals surface area contributed by atoms with Gasteiger partial charge in [-0.1, -0.05) is 0 Å². The van der Waals surface area contributed by atoms with Gasteiger partial charge in [-0.2, -0.15) is 0 Å². The molecule has 0 saturated carbocycles. The van der Waals surface area contributed by atoms with Crippen LogP contribution < -0.4 is 10.4 Å². The van der Waals surface area contributed by atoms with Crippen LogP contribution in [0.5, 0.6) is 5.75 Å². The van der Waals surface area contributed by atoms with Crippen molar-refractivity contribution < 1.29 is 18.4 Å². The number of ether oxygens (including phenoxy) is 1. The third-order valence-electron chi connectivity index (χ3n) is 4.15. The number of carbonyl (C=O) groups is 1. The molecule has 3 aromatic rings. The molecule has 136 valence electrons. The van der Waals surface area contributed by atoms with Crippen LogP contribution in [0.25, 0.3) is 11.0 Å². The normalized spacial score (nSPS) is 12.2. The largest absolute Gasteiger partial charge is 0.481 e.